The molecule has 0 spiro atoms. The molecule has 0 aliphatic carbocycles. The van der Waals surface area contributed by atoms with Crippen molar-refractivity contribution >= 4 is 5.91 Å². The fourth-order valence-corrected chi connectivity index (χ4v) is 2.67. The second-order valence-corrected chi connectivity index (χ2v) is 6.04. The third-order valence-electron chi connectivity index (χ3n) is 3.94. The number of benzene rings is 2. The summed E-state index contributed by atoms with van der Waals surface area (Å²) in [5.74, 6) is 1.37. The maximum absolute atomic E-state index is 12.4. The number of rotatable bonds is 9. The average Bonchev–Trinajstić information content (AvgIpc) is 3.20. The van der Waals surface area contributed by atoms with Crippen LogP contribution in [0.15, 0.2) is 71.3 Å². The topological polar surface area (TPSA) is 60.7 Å². The number of amides is 1. The van der Waals surface area contributed by atoms with Crippen LogP contribution in [0.1, 0.15) is 34.2 Å². The van der Waals surface area contributed by atoms with Crippen molar-refractivity contribution in [3.63, 3.8) is 0 Å². The largest absolute Gasteiger partial charge is 0.494 e. The number of nitrogens with one attached hydrogen (secondary N) is 1. The van der Waals surface area contributed by atoms with Crippen LogP contribution in [0.4, 0.5) is 0 Å². The van der Waals surface area contributed by atoms with Crippen LogP contribution in [0, 0.1) is 0 Å². The number of hydrogen-bond acceptors (Lipinski definition) is 4. The molecule has 3 aromatic rings. The van der Waals surface area contributed by atoms with Crippen LogP contribution in [0.3, 0.4) is 0 Å². The van der Waals surface area contributed by atoms with Crippen molar-refractivity contribution in [2.75, 3.05) is 6.61 Å². The van der Waals surface area contributed by atoms with Crippen molar-refractivity contribution in [3.8, 4) is 5.75 Å². The molecule has 0 saturated heterocycles. The van der Waals surface area contributed by atoms with E-state index in [-0.39, 0.29) is 5.91 Å². The number of carbonyl (C=O) groups is 1. The van der Waals surface area contributed by atoms with Crippen LogP contribution in [-0.2, 0) is 24.5 Å². The summed E-state index contributed by atoms with van der Waals surface area (Å²) in [6.07, 6.45) is 1.63. The van der Waals surface area contributed by atoms with Crippen molar-refractivity contribution in [2.45, 2.75) is 26.7 Å². The van der Waals surface area contributed by atoms with Gasteiger partial charge in [-0.2, -0.15) is 0 Å². The zero-order valence-electron chi connectivity index (χ0n) is 15.3. The van der Waals surface area contributed by atoms with E-state index in [1.54, 1.807) is 18.4 Å². The van der Waals surface area contributed by atoms with Crippen LogP contribution in [0.25, 0.3) is 0 Å². The lowest BCUT2D eigenvalue weighted by molar-refractivity contribution is 0.0928. The van der Waals surface area contributed by atoms with Gasteiger partial charge in [0.05, 0.1) is 19.5 Å². The molecule has 0 radical (unpaired) electrons. The van der Waals surface area contributed by atoms with Crippen LogP contribution < -0.4 is 10.1 Å². The van der Waals surface area contributed by atoms with Crippen molar-refractivity contribution in [2.24, 2.45) is 0 Å². The Hall–Kier alpha value is -3.05. The molecule has 3 rings (SSSR count). The molecular formula is C22H23NO4. The van der Waals surface area contributed by atoms with E-state index >= 15 is 0 Å². The van der Waals surface area contributed by atoms with Gasteiger partial charge in [0.2, 0.25) is 0 Å². The lowest BCUT2D eigenvalue weighted by atomic mass is 10.1. The van der Waals surface area contributed by atoms with Crippen LogP contribution in [0.2, 0.25) is 0 Å². The summed E-state index contributed by atoms with van der Waals surface area (Å²) >= 11 is 0. The molecule has 1 heterocycles. The summed E-state index contributed by atoms with van der Waals surface area (Å²) in [5.41, 5.74) is 2.65. The highest BCUT2D eigenvalue weighted by Gasteiger charge is 2.07. The fourth-order valence-electron chi connectivity index (χ4n) is 2.67. The van der Waals surface area contributed by atoms with Crippen molar-refractivity contribution < 1.29 is 18.7 Å². The maximum atomic E-state index is 12.4. The van der Waals surface area contributed by atoms with Gasteiger partial charge in [-0.15, -0.1) is 0 Å². The Morgan fingerprint density at radius 3 is 2.67 bits per heavy atom. The second-order valence-electron chi connectivity index (χ2n) is 6.04. The summed E-state index contributed by atoms with van der Waals surface area (Å²) in [7, 11) is 0. The molecule has 0 bridgehead atoms. The first kappa shape index (κ1) is 18.7. The van der Waals surface area contributed by atoms with Gasteiger partial charge in [-0.3, -0.25) is 4.79 Å². The van der Waals surface area contributed by atoms with E-state index in [0.717, 1.165) is 16.9 Å². The smallest absolute Gasteiger partial charge is 0.251 e. The van der Waals surface area contributed by atoms with E-state index < -0.39 is 0 Å². The number of carbonyl (C=O) groups excluding carboxylic acids is 1. The first-order valence-corrected chi connectivity index (χ1v) is 8.93. The van der Waals surface area contributed by atoms with Gasteiger partial charge >= 0.3 is 0 Å². The van der Waals surface area contributed by atoms with E-state index in [4.69, 9.17) is 13.9 Å². The molecule has 1 aromatic heterocycles. The highest BCUT2D eigenvalue weighted by molar-refractivity contribution is 5.94. The molecule has 0 aliphatic heterocycles. The molecule has 5 nitrogen and oxygen atoms in total. The predicted octanol–water partition coefficient (Wildman–Crippen LogP) is 4.33. The normalized spacial score (nSPS) is 10.6. The van der Waals surface area contributed by atoms with Crippen molar-refractivity contribution in [3.05, 3.63) is 89.4 Å². The van der Waals surface area contributed by atoms with Crippen molar-refractivity contribution in [1.82, 2.24) is 5.32 Å². The molecule has 140 valence electrons. The summed E-state index contributed by atoms with van der Waals surface area (Å²) in [6, 6.07) is 18.9. The summed E-state index contributed by atoms with van der Waals surface area (Å²) in [6.45, 7) is 3.85. The molecule has 0 unspecified atom stereocenters. The van der Waals surface area contributed by atoms with Crippen molar-refractivity contribution in [1.29, 1.82) is 0 Å². The lowest BCUT2D eigenvalue weighted by Crippen LogP contribution is -2.22. The molecule has 5 heteroatoms. The van der Waals surface area contributed by atoms with Gasteiger partial charge < -0.3 is 19.2 Å². The van der Waals surface area contributed by atoms with Gasteiger partial charge in [0.1, 0.15) is 18.1 Å². The summed E-state index contributed by atoms with van der Waals surface area (Å²) in [4.78, 5) is 12.4. The summed E-state index contributed by atoms with van der Waals surface area (Å²) < 4.78 is 16.3. The Morgan fingerprint density at radius 2 is 1.85 bits per heavy atom. The maximum Gasteiger partial charge on any atom is 0.251 e. The van der Waals surface area contributed by atoms with Gasteiger partial charge in [0.15, 0.2) is 0 Å². The number of hydrogen-bond donors (Lipinski definition) is 1. The third kappa shape index (κ3) is 5.72. The van der Waals surface area contributed by atoms with E-state index in [9.17, 15) is 4.79 Å². The van der Waals surface area contributed by atoms with Gasteiger partial charge in [-0.1, -0.05) is 30.3 Å². The molecule has 1 amide bonds. The third-order valence-corrected chi connectivity index (χ3v) is 3.94. The monoisotopic (exact) mass is 365 g/mol. The van der Waals surface area contributed by atoms with Gasteiger partial charge in [-0.25, -0.2) is 0 Å². The highest BCUT2D eigenvalue weighted by Crippen LogP contribution is 2.14. The Bertz CT molecular complexity index is 858. The molecule has 2 aromatic carbocycles. The Kier molecular flexibility index (Phi) is 6.66. The van der Waals surface area contributed by atoms with Crippen LogP contribution in [-0.4, -0.2) is 12.5 Å². The quantitative estimate of drug-likeness (QED) is 0.613. The standard InChI is InChI=1S/C22H23NO4/c1-2-26-20-9-4-8-19(13-20)22(24)23-14-17-6-3-7-18(12-17)15-25-16-21-10-5-11-27-21/h3-13H,2,14-16H2,1H3,(H,23,24). The zero-order chi connectivity index (χ0) is 18.9. The van der Waals surface area contributed by atoms with Crippen LogP contribution in [0.5, 0.6) is 5.75 Å². The minimum absolute atomic E-state index is 0.129. The molecule has 0 atom stereocenters. The lowest BCUT2D eigenvalue weighted by Gasteiger charge is -2.09. The van der Waals surface area contributed by atoms with E-state index in [1.165, 1.54) is 0 Å². The fraction of sp³-hybridized carbons (Fsp3) is 0.227. The first-order valence-electron chi connectivity index (χ1n) is 8.93. The molecule has 0 aliphatic rings. The minimum atomic E-state index is -0.129. The first-order chi connectivity index (χ1) is 13.2. The second kappa shape index (κ2) is 9.59. The highest BCUT2D eigenvalue weighted by atomic mass is 16.5. The van der Waals surface area contributed by atoms with Crippen LogP contribution >= 0.6 is 0 Å². The molecule has 27 heavy (non-hydrogen) atoms. The number of furan rings is 1. The van der Waals surface area contributed by atoms with E-state index in [2.05, 4.69) is 5.32 Å². The molecule has 0 fully saturated rings. The SMILES string of the molecule is CCOc1cccc(C(=O)NCc2cccc(COCc3ccco3)c2)c1. The van der Waals surface area contributed by atoms with Gasteiger partial charge in [0.25, 0.3) is 5.91 Å². The minimum Gasteiger partial charge on any atom is -0.494 e. The van der Waals surface area contributed by atoms with E-state index in [1.807, 2.05) is 55.5 Å². The van der Waals surface area contributed by atoms with E-state index in [0.29, 0.717) is 37.7 Å². The molecular weight excluding hydrogens is 342 g/mol. The molecule has 1 N–H and O–H groups in total. The Morgan fingerprint density at radius 1 is 1.00 bits per heavy atom. The Balaban J connectivity index is 1.51. The summed E-state index contributed by atoms with van der Waals surface area (Å²) in [5, 5.41) is 2.94. The predicted molar refractivity (Wildman–Crippen MR) is 102 cm³/mol. The average molecular weight is 365 g/mol. The zero-order valence-corrected chi connectivity index (χ0v) is 15.3. The Labute approximate surface area is 158 Å². The van der Waals surface area contributed by atoms with Gasteiger partial charge in [0, 0.05) is 12.1 Å². The number of ether oxygens (including phenoxy) is 2. The molecule has 0 saturated carbocycles. The van der Waals surface area contributed by atoms with Gasteiger partial charge in [-0.05, 0) is 48.4 Å².